The highest BCUT2D eigenvalue weighted by molar-refractivity contribution is 6.10. The highest BCUT2D eigenvalue weighted by Crippen LogP contribution is 2.40. The topological polar surface area (TPSA) is 116 Å². The molecular weight excluding hydrogens is 424 g/mol. The van der Waals surface area contributed by atoms with Crippen LogP contribution in [0.1, 0.15) is 59.9 Å². The van der Waals surface area contributed by atoms with Gasteiger partial charge in [0, 0.05) is 24.8 Å². The second-order valence-electron chi connectivity index (χ2n) is 8.83. The molecule has 33 heavy (non-hydrogen) atoms. The van der Waals surface area contributed by atoms with E-state index in [1.807, 2.05) is 6.92 Å². The number of hydrogen-bond donors (Lipinski definition) is 1. The van der Waals surface area contributed by atoms with E-state index in [-0.39, 0.29) is 18.1 Å². The van der Waals surface area contributed by atoms with Crippen molar-refractivity contribution in [3.63, 3.8) is 0 Å². The molecule has 5 rings (SSSR count). The first-order valence-electron chi connectivity index (χ1n) is 11.2. The number of hydrogen-bond acceptors (Lipinski definition) is 9. The SMILES string of the molecule is CCOc1nc(COC)nc2c1CCN(C(=O)c1c(C)oc3ncnc(NC4(C)CC4)c13)C2. The third kappa shape index (κ3) is 3.99. The van der Waals surface area contributed by atoms with Crippen LogP contribution in [0.5, 0.6) is 5.88 Å². The minimum atomic E-state index is -0.124. The van der Waals surface area contributed by atoms with Crippen molar-refractivity contribution in [3.8, 4) is 5.88 Å². The Labute approximate surface area is 191 Å². The van der Waals surface area contributed by atoms with Gasteiger partial charge in [-0.05, 0) is 40.0 Å². The molecule has 10 nitrogen and oxygen atoms in total. The Morgan fingerprint density at radius 2 is 2.12 bits per heavy atom. The number of aryl methyl sites for hydroxylation is 1. The number of aromatic nitrogens is 4. The summed E-state index contributed by atoms with van der Waals surface area (Å²) < 4.78 is 16.8. The summed E-state index contributed by atoms with van der Waals surface area (Å²) in [5.41, 5.74) is 2.64. The van der Waals surface area contributed by atoms with Crippen molar-refractivity contribution in [2.45, 2.75) is 58.7 Å². The van der Waals surface area contributed by atoms with E-state index in [4.69, 9.17) is 13.9 Å². The summed E-state index contributed by atoms with van der Waals surface area (Å²) in [6.07, 6.45) is 4.20. The number of ether oxygens (including phenoxy) is 2. The smallest absolute Gasteiger partial charge is 0.258 e. The van der Waals surface area contributed by atoms with Crippen molar-refractivity contribution in [2.75, 3.05) is 25.6 Å². The van der Waals surface area contributed by atoms with Crippen molar-refractivity contribution in [2.24, 2.45) is 0 Å². The van der Waals surface area contributed by atoms with E-state index >= 15 is 0 Å². The first-order valence-corrected chi connectivity index (χ1v) is 11.2. The molecule has 1 aliphatic carbocycles. The van der Waals surface area contributed by atoms with Crippen LogP contribution in [0.4, 0.5) is 5.82 Å². The van der Waals surface area contributed by atoms with Crippen molar-refractivity contribution in [3.05, 3.63) is 34.7 Å². The Kier molecular flexibility index (Phi) is 5.40. The molecule has 3 aromatic rings. The zero-order valence-electron chi connectivity index (χ0n) is 19.4. The number of nitrogens with zero attached hydrogens (tertiary/aromatic N) is 5. The molecule has 0 saturated heterocycles. The van der Waals surface area contributed by atoms with Gasteiger partial charge in [0.1, 0.15) is 24.5 Å². The fourth-order valence-electron chi connectivity index (χ4n) is 4.22. The van der Waals surface area contributed by atoms with Crippen LogP contribution in [-0.4, -0.2) is 56.5 Å². The summed E-state index contributed by atoms with van der Waals surface area (Å²) in [4.78, 5) is 33.4. The summed E-state index contributed by atoms with van der Waals surface area (Å²) in [5.74, 6) is 2.16. The molecule has 1 amide bonds. The number of nitrogens with one attached hydrogen (secondary N) is 1. The fraction of sp³-hybridized carbons (Fsp3) is 0.522. The number of carbonyl (C=O) groups is 1. The van der Waals surface area contributed by atoms with Gasteiger partial charge in [-0.1, -0.05) is 0 Å². The average molecular weight is 453 g/mol. The van der Waals surface area contributed by atoms with Gasteiger partial charge < -0.3 is 24.1 Å². The Balaban J connectivity index is 1.50. The summed E-state index contributed by atoms with van der Waals surface area (Å²) in [5, 5.41) is 4.11. The first-order chi connectivity index (χ1) is 15.9. The van der Waals surface area contributed by atoms with Crippen LogP contribution in [0.25, 0.3) is 11.1 Å². The molecule has 1 fully saturated rings. The largest absolute Gasteiger partial charge is 0.478 e. The first kappa shape index (κ1) is 21.6. The van der Waals surface area contributed by atoms with E-state index in [1.165, 1.54) is 6.33 Å². The average Bonchev–Trinajstić information content (AvgIpc) is 3.41. The Morgan fingerprint density at radius 3 is 2.85 bits per heavy atom. The normalized spacial score (nSPS) is 16.5. The number of anilines is 1. The molecule has 0 unspecified atom stereocenters. The molecule has 3 aromatic heterocycles. The lowest BCUT2D eigenvalue weighted by Crippen LogP contribution is -2.37. The maximum atomic E-state index is 13.7. The van der Waals surface area contributed by atoms with Gasteiger partial charge in [0.2, 0.25) is 11.6 Å². The lowest BCUT2D eigenvalue weighted by Gasteiger charge is -2.29. The van der Waals surface area contributed by atoms with Crippen molar-refractivity contribution in [1.82, 2.24) is 24.8 Å². The summed E-state index contributed by atoms with van der Waals surface area (Å²) in [7, 11) is 1.60. The van der Waals surface area contributed by atoms with E-state index in [2.05, 4.69) is 32.2 Å². The number of furan rings is 1. The Hall–Kier alpha value is -3.27. The quantitative estimate of drug-likeness (QED) is 0.577. The lowest BCUT2D eigenvalue weighted by atomic mass is 10.0. The van der Waals surface area contributed by atoms with Crippen LogP contribution in [0.3, 0.4) is 0 Å². The predicted molar refractivity (Wildman–Crippen MR) is 120 cm³/mol. The zero-order valence-corrected chi connectivity index (χ0v) is 19.4. The zero-order chi connectivity index (χ0) is 23.2. The van der Waals surface area contributed by atoms with Crippen LogP contribution < -0.4 is 10.1 Å². The molecule has 1 N–H and O–H groups in total. The Bertz CT molecular complexity index is 1220. The number of rotatable bonds is 7. The fourth-order valence-corrected chi connectivity index (χ4v) is 4.22. The maximum Gasteiger partial charge on any atom is 0.258 e. The second kappa shape index (κ2) is 8.26. The molecule has 4 heterocycles. The molecule has 0 aromatic carbocycles. The molecular formula is C23H28N6O4. The van der Waals surface area contributed by atoms with Crippen LogP contribution in [0.2, 0.25) is 0 Å². The molecule has 0 radical (unpaired) electrons. The van der Waals surface area contributed by atoms with Gasteiger partial charge >= 0.3 is 0 Å². The van der Waals surface area contributed by atoms with E-state index in [1.54, 1.807) is 18.9 Å². The molecule has 1 aliphatic heterocycles. The van der Waals surface area contributed by atoms with Gasteiger partial charge in [0.05, 0.1) is 29.8 Å². The summed E-state index contributed by atoms with van der Waals surface area (Å²) in [6.45, 7) is 7.52. The van der Waals surface area contributed by atoms with Gasteiger partial charge in [-0.3, -0.25) is 4.79 Å². The lowest BCUT2D eigenvalue weighted by molar-refractivity contribution is 0.0729. The second-order valence-corrected chi connectivity index (χ2v) is 8.83. The maximum absolute atomic E-state index is 13.7. The van der Waals surface area contributed by atoms with Crippen molar-refractivity contribution in [1.29, 1.82) is 0 Å². The molecule has 2 aliphatic rings. The van der Waals surface area contributed by atoms with Gasteiger partial charge in [-0.15, -0.1) is 0 Å². The molecule has 0 spiro atoms. The third-order valence-electron chi connectivity index (χ3n) is 6.21. The van der Waals surface area contributed by atoms with Gasteiger partial charge in [-0.25, -0.2) is 15.0 Å². The van der Waals surface area contributed by atoms with Crippen molar-refractivity contribution < 1.29 is 18.7 Å². The van der Waals surface area contributed by atoms with E-state index in [9.17, 15) is 4.79 Å². The molecule has 0 atom stereocenters. The molecule has 0 bridgehead atoms. The standard InChI is InChI=1S/C23H28N6O4/c1-5-32-20-14-6-9-29(10-15(14)26-16(27-20)11-31-4)22(30)17-13(2)33-21-18(17)19(24-12-25-21)28-23(3)7-8-23/h12H,5-11H2,1-4H3,(H,24,25,28). The third-order valence-corrected chi connectivity index (χ3v) is 6.21. The molecule has 10 heteroatoms. The summed E-state index contributed by atoms with van der Waals surface area (Å²) in [6, 6.07) is 0. The van der Waals surface area contributed by atoms with Gasteiger partial charge in [0.15, 0.2) is 5.82 Å². The Morgan fingerprint density at radius 1 is 1.30 bits per heavy atom. The highest BCUT2D eigenvalue weighted by Gasteiger charge is 2.39. The van der Waals surface area contributed by atoms with Crippen LogP contribution in [0.15, 0.2) is 10.7 Å². The minimum absolute atomic E-state index is 0.00118. The molecule has 174 valence electrons. The molecule has 1 saturated carbocycles. The highest BCUT2D eigenvalue weighted by atomic mass is 16.5. The summed E-state index contributed by atoms with van der Waals surface area (Å²) >= 11 is 0. The number of methoxy groups -OCH3 is 1. The van der Waals surface area contributed by atoms with Crippen LogP contribution >= 0.6 is 0 Å². The van der Waals surface area contributed by atoms with Gasteiger partial charge in [0.25, 0.3) is 5.91 Å². The van der Waals surface area contributed by atoms with Crippen molar-refractivity contribution >= 4 is 22.8 Å². The minimum Gasteiger partial charge on any atom is -0.478 e. The number of amides is 1. The van der Waals surface area contributed by atoms with Crippen LogP contribution in [-0.2, 0) is 24.3 Å². The number of carbonyl (C=O) groups excluding carboxylic acids is 1. The van der Waals surface area contributed by atoms with E-state index in [0.717, 1.165) is 24.1 Å². The van der Waals surface area contributed by atoms with E-state index in [0.29, 0.717) is 66.1 Å². The van der Waals surface area contributed by atoms with Crippen LogP contribution in [0, 0.1) is 6.92 Å². The predicted octanol–water partition coefficient (Wildman–Crippen LogP) is 3.03. The number of fused-ring (bicyclic) bond motifs is 2. The van der Waals surface area contributed by atoms with Gasteiger partial charge in [-0.2, -0.15) is 4.98 Å². The monoisotopic (exact) mass is 452 g/mol. The van der Waals surface area contributed by atoms with E-state index < -0.39 is 0 Å².